The van der Waals surface area contributed by atoms with Gasteiger partial charge in [0.1, 0.15) is 0 Å². The zero-order chi connectivity index (χ0) is 12.7. The Morgan fingerprint density at radius 2 is 2.33 bits per heavy atom. The molecule has 0 radical (unpaired) electrons. The summed E-state index contributed by atoms with van der Waals surface area (Å²) in [7, 11) is 1.83. The van der Waals surface area contributed by atoms with E-state index in [2.05, 4.69) is 10.1 Å². The topological polar surface area (TPSA) is 52.2 Å². The normalized spacial score (nSPS) is 11.2. The summed E-state index contributed by atoms with van der Waals surface area (Å²) in [5.41, 5.74) is 2.37. The van der Waals surface area contributed by atoms with Crippen LogP contribution in [0.1, 0.15) is 21.7 Å². The van der Waals surface area contributed by atoms with Crippen molar-refractivity contribution in [3.63, 3.8) is 0 Å². The van der Waals surface area contributed by atoms with Gasteiger partial charge in [-0.2, -0.15) is 5.10 Å². The first kappa shape index (κ1) is 11.2. The van der Waals surface area contributed by atoms with Gasteiger partial charge in [-0.25, -0.2) is 4.98 Å². The Morgan fingerprint density at radius 3 is 3.00 bits per heavy atom. The average molecular weight is 260 g/mol. The number of aromatic nitrogens is 4. The first-order chi connectivity index (χ1) is 8.65. The average Bonchev–Trinajstić information content (AvgIpc) is 2.96. The van der Waals surface area contributed by atoms with Crippen LogP contribution in [0.2, 0.25) is 0 Å². The number of aryl methyl sites for hydroxylation is 1. The van der Waals surface area contributed by atoms with Crippen LogP contribution in [0.5, 0.6) is 0 Å². The van der Waals surface area contributed by atoms with E-state index in [0.29, 0.717) is 12.0 Å². The maximum atomic E-state index is 12.1. The number of rotatable bonds is 3. The maximum absolute atomic E-state index is 12.1. The molecule has 5 nitrogen and oxygen atoms in total. The number of hydrogen-bond acceptors (Lipinski definition) is 4. The van der Waals surface area contributed by atoms with Gasteiger partial charge in [-0.3, -0.25) is 13.9 Å². The van der Waals surface area contributed by atoms with Crippen molar-refractivity contribution in [3.8, 4) is 0 Å². The molecule has 0 aliphatic heterocycles. The van der Waals surface area contributed by atoms with Crippen LogP contribution < -0.4 is 0 Å². The van der Waals surface area contributed by atoms with Crippen molar-refractivity contribution in [2.75, 3.05) is 0 Å². The molecule has 3 aromatic heterocycles. The van der Waals surface area contributed by atoms with Gasteiger partial charge in [0.25, 0.3) is 0 Å². The summed E-state index contributed by atoms with van der Waals surface area (Å²) >= 11 is 1.56. The molecule has 0 aliphatic carbocycles. The largest absolute Gasteiger partial charge is 0.297 e. The Hall–Kier alpha value is -1.95. The fourth-order valence-electron chi connectivity index (χ4n) is 1.89. The van der Waals surface area contributed by atoms with Crippen molar-refractivity contribution in [1.82, 2.24) is 19.2 Å². The predicted molar refractivity (Wildman–Crippen MR) is 69.0 cm³/mol. The number of nitrogens with zero attached hydrogens (tertiary/aromatic N) is 4. The van der Waals surface area contributed by atoms with E-state index < -0.39 is 0 Å². The molecule has 0 aliphatic rings. The van der Waals surface area contributed by atoms with Crippen molar-refractivity contribution in [3.05, 3.63) is 40.9 Å². The van der Waals surface area contributed by atoms with Crippen molar-refractivity contribution in [1.29, 1.82) is 0 Å². The minimum Gasteiger partial charge on any atom is -0.297 e. The molecule has 0 N–H and O–H groups in total. The molecule has 92 valence electrons. The quantitative estimate of drug-likeness (QED) is 0.675. The highest BCUT2D eigenvalue weighted by Crippen LogP contribution is 2.14. The van der Waals surface area contributed by atoms with Gasteiger partial charge in [0.15, 0.2) is 10.7 Å². The molecule has 0 aromatic carbocycles. The zero-order valence-corrected chi connectivity index (χ0v) is 10.9. The molecule has 0 spiro atoms. The third-order valence-corrected chi connectivity index (χ3v) is 3.79. The zero-order valence-electron chi connectivity index (χ0n) is 10.1. The molecule has 0 fully saturated rings. The second-order valence-corrected chi connectivity index (χ2v) is 5.07. The van der Waals surface area contributed by atoms with Crippen LogP contribution in [0.4, 0.5) is 0 Å². The van der Waals surface area contributed by atoms with Crippen LogP contribution in [0.25, 0.3) is 4.96 Å². The van der Waals surface area contributed by atoms with Crippen LogP contribution in [-0.4, -0.2) is 24.9 Å². The standard InChI is InChI=1S/C12H12N4OS/c1-8-10(6-13-15(8)2)11(17)5-9-7-16-3-4-18-12(16)14-9/h3-4,6-7H,5H2,1-2H3. The Kier molecular flexibility index (Phi) is 2.52. The summed E-state index contributed by atoms with van der Waals surface area (Å²) in [6.45, 7) is 1.89. The number of thiazole rings is 1. The SMILES string of the molecule is Cc1c(C(=O)Cc2cn3ccsc3n2)cnn1C. The van der Waals surface area contributed by atoms with Gasteiger partial charge < -0.3 is 0 Å². The molecular weight excluding hydrogens is 248 g/mol. The van der Waals surface area contributed by atoms with E-state index in [-0.39, 0.29) is 5.78 Å². The third-order valence-electron chi connectivity index (χ3n) is 3.02. The van der Waals surface area contributed by atoms with Crippen LogP contribution in [0.15, 0.2) is 24.0 Å². The maximum Gasteiger partial charge on any atom is 0.193 e. The molecule has 0 bridgehead atoms. The summed E-state index contributed by atoms with van der Waals surface area (Å²) < 4.78 is 3.64. The van der Waals surface area contributed by atoms with E-state index in [0.717, 1.165) is 16.3 Å². The first-order valence-electron chi connectivity index (χ1n) is 5.58. The Bertz CT molecular complexity index is 693. The molecule has 3 rings (SSSR count). The number of ketones is 1. The summed E-state index contributed by atoms with van der Waals surface area (Å²) in [6, 6.07) is 0. The number of carbonyl (C=O) groups is 1. The lowest BCUT2D eigenvalue weighted by atomic mass is 10.1. The molecule has 0 unspecified atom stereocenters. The molecule has 18 heavy (non-hydrogen) atoms. The van der Waals surface area contributed by atoms with Gasteiger partial charge in [0.05, 0.1) is 23.9 Å². The lowest BCUT2D eigenvalue weighted by Gasteiger charge is -1.98. The minimum atomic E-state index is 0.0614. The fraction of sp³-hybridized carbons (Fsp3) is 0.250. The molecule has 0 saturated carbocycles. The Balaban J connectivity index is 1.86. The van der Waals surface area contributed by atoms with Crippen molar-refractivity contribution >= 4 is 22.1 Å². The third kappa shape index (κ3) is 1.74. The second-order valence-electron chi connectivity index (χ2n) is 4.19. The number of imidazole rings is 1. The predicted octanol–water partition coefficient (Wildman–Crippen LogP) is 1.86. The van der Waals surface area contributed by atoms with Gasteiger partial charge in [0, 0.05) is 30.5 Å². The van der Waals surface area contributed by atoms with Crippen molar-refractivity contribution in [2.45, 2.75) is 13.3 Å². The minimum absolute atomic E-state index is 0.0614. The number of hydrogen-bond donors (Lipinski definition) is 0. The lowest BCUT2D eigenvalue weighted by Crippen LogP contribution is -2.05. The van der Waals surface area contributed by atoms with E-state index in [1.807, 2.05) is 36.1 Å². The molecule has 0 amide bonds. The van der Waals surface area contributed by atoms with Gasteiger partial charge in [-0.1, -0.05) is 0 Å². The van der Waals surface area contributed by atoms with E-state index in [1.54, 1.807) is 22.2 Å². The highest BCUT2D eigenvalue weighted by molar-refractivity contribution is 7.15. The van der Waals surface area contributed by atoms with Crippen molar-refractivity contribution in [2.24, 2.45) is 7.05 Å². The summed E-state index contributed by atoms with van der Waals surface area (Å²) in [6.07, 6.45) is 5.78. The second kappa shape index (κ2) is 4.06. The van der Waals surface area contributed by atoms with Gasteiger partial charge in [-0.05, 0) is 6.92 Å². The van der Waals surface area contributed by atoms with E-state index in [9.17, 15) is 4.79 Å². The van der Waals surface area contributed by atoms with Crippen LogP contribution in [0, 0.1) is 6.92 Å². The molecule has 0 atom stereocenters. The van der Waals surface area contributed by atoms with E-state index in [4.69, 9.17) is 0 Å². The lowest BCUT2D eigenvalue weighted by molar-refractivity contribution is 0.0991. The fourth-order valence-corrected chi connectivity index (χ4v) is 2.61. The monoisotopic (exact) mass is 260 g/mol. The Labute approximate surface area is 108 Å². The van der Waals surface area contributed by atoms with E-state index in [1.165, 1.54) is 0 Å². The van der Waals surface area contributed by atoms with E-state index >= 15 is 0 Å². The summed E-state index contributed by atoms with van der Waals surface area (Å²) in [5.74, 6) is 0.0614. The first-order valence-corrected chi connectivity index (χ1v) is 6.46. The highest BCUT2D eigenvalue weighted by Gasteiger charge is 2.15. The molecule has 3 heterocycles. The number of carbonyl (C=O) groups excluding carboxylic acids is 1. The number of fused-ring (bicyclic) bond motifs is 1. The summed E-state index contributed by atoms with van der Waals surface area (Å²) in [4.78, 5) is 17.5. The Morgan fingerprint density at radius 1 is 1.50 bits per heavy atom. The number of Topliss-reactive ketones (excluding diaryl/α,β-unsaturated/α-hetero) is 1. The highest BCUT2D eigenvalue weighted by atomic mass is 32.1. The van der Waals surface area contributed by atoms with Crippen LogP contribution >= 0.6 is 11.3 Å². The van der Waals surface area contributed by atoms with Gasteiger partial charge in [0.2, 0.25) is 0 Å². The van der Waals surface area contributed by atoms with Crippen LogP contribution in [-0.2, 0) is 13.5 Å². The van der Waals surface area contributed by atoms with Crippen LogP contribution in [0.3, 0.4) is 0 Å². The summed E-state index contributed by atoms with van der Waals surface area (Å²) in [5, 5.41) is 6.06. The molecule has 6 heteroatoms. The molecular formula is C12H12N4OS. The van der Waals surface area contributed by atoms with Gasteiger partial charge in [-0.15, -0.1) is 11.3 Å². The smallest absolute Gasteiger partial charge is 0.193 e. The molecule has 0 saturated heterocycles. The van der Waals surface area contributed by atoms with Gasteiger partial charge >= 0.3 is 0 Å². The molecule has 3 aromatic rings. The van der Waals surface area contributed by atoms with Crippen molar-refractivity contribution < 1.29 is 4.79 Å².